The largest absolute Gasteiger partial charge is 0.377 e. The number of hydrogen-bond acceptors (Lipinski definition) is 3. The molecule has 1 saturated heterocycles. The van der Waals surface area contributed by atoms with Gasteiger partial charge in [-0.2, -0.15) is 0 Å². The van der Waals surface area contributed by atoms with Gasteiger partial charge in [-0.3, -0.25) is 0 Å². The van der Waals surface area contributed by atoms with E-state index >= 15 is 0 Å². The molecule has 3 N–H and O–H groups in total. The topological polar surface area (TPSA) is 47.3 Å². The van der Waals surface area contributed by atoms with Gasteiger partial charge >= 0.3 is 0 Å². The first-order chi connectivity index (χ1) is 4.88. The van der Waals surface area contributed by atoms with E-state index in [4.69, 9.17) is 10.5 Å². The highest BCUT2D eigenvalue weighted by Crippen LogP contribution is 2.14. The molecule has 0 amide bonds. The molecule has 3 nitrogen and oxygen atoms in total. The number of ether oxygens (including phenoxy) is 1. The molecule has 1 aliphatic heterocycles. The normalized spacial score (nSPS) is 28.8. The van der Waals surface area contributed by atoms with Crippen molar-refractivity contribution in [1.82, 2.24) is 5.32 Å². The minimum absolute atomic E-state index is 0.350. The average Bonchev–Trinajstić information content (AvgIpc) is 2.43. The first kappa shape index (κ1) is 7.98. The molecule has 2 atom stereocenters. The Morgan fingerprint density at radius 1 is 1.80 bits per heavy atom. The van der Waals surface area contributed by atoms with Gasteiger partial charge in [0.05, 0.1) is 6.10 Å². The summed E-state index contributed by atoms with van der Waals surface area (Å²) in [6, 6.07) is 0.350. The van der Waals surface area contributed by atoms with Crippen molar-refractivity contribution in [2.75, 3.05) is 20.2 Å². The van der Waals surface area contributed by atoms with E-state index < -0.39 is 0 Å². The molecule has 1 aliphatic rings. The van der Waals surface area contributed by atoms with E-state index in [0.717, 1.165) is 13.0 Å². The van der Waals surface area contributed by atoms with Gasteiger partial charge in [-0.1, -0.05) is 0 Å². The van der Waals surface area contributed by atoms with Gasteiger partial charge in [0.15, 0.2) is 0 Å². The lowest BCUT2D eigenvalue weighted by Crippen LogP contribution is -2.43. The van der Waals surface area contributed by atoms with E-state index in [1.54, 1.807) is 0 Å². The maximum absolute atomic E-state index is 5.52. The van der Waals surface area contributed by atoms with Crippen LogP contribution in [0.5, 0.6) is 0 Å². The second-order valence-electron chi connectivity index (χ2n) is 2.68. The van der Waals surface area contributed by atoms with Crippen LogP contribution < -0.4 is 11.1 Å². The molecule has 3 heteroatoms. The molecule has 1 fully saturated rings. The quantitative estimate of drug-likeness (QED) is 0.572. The lowest BCUT2D eigenvalue weighted by atomic mass is 10.1. The van der Waals surface area contributed by atoms with Gasteiger partial charge in [0.25, 0.3) is 0 Å². The first-order valence-electron chi connectivity index (χ1n) is 3.87. The highest BCUT2D eigenvalue weighted by molar-refractivity contribution is 4.79. The Hall–Kier alpha value is -0.120. The van der Waals surface area contributed by atoms with Crippen molar-refractivity contribution in [2.45, 2.75) is 25.0 Å². The summed E-state index contributed by atoms with van der Waals surface area (Å²) in [4.78, 5) is 0. The Kier molecular flexibility index (Phi) is 3.12. The van der Waals surface area contributed by atoms with Crippen molar-refractivity contribution in [1.29, 1.82) is 0 Å². The Morgan fingerprint density at radius 3 is 3.00 bits per heavy atom. The summed E-state index contributed by atoms with van der Waals surface area (Å²) in [5.41, 5.74) is 5.52. The van der Waals surface area contributed by atoms with Gasteiger partial charge < -0.3 is 15.8 Å². The van der Waals surface area contributed by atoms with E-state index in [2.05, 4.69) is 5.32 Å². The molecule has 60 valence electrons. The third kappa shape index (κ3) is 1.68. The van der Waals surface area contributed by atoms with Crippen molar-refractivity contribution >= 4 is 0 Å². The first-order valence-corrected chi connectivity index (χ1v) is 3.87. The second-order valence-corrected chi connectivity index (χ2v) is 2.68. The standard InChI is InChI=1S/C7H16N2O/c1-9-6(5-8)7-3-2-4-10-7/h6-7,9H,2-5,8H2,1H3. The molecule has 0 aromatic rings. The fourth-order valence-corrected chi connectivity index (χ4v) is 1.38. The predicted molar refractivity (Wildman–Crippen MR) is 40.9 cm³/mol. The third-order valence-electron chi connectivity index (χ3n) is 2.04. The maximum atomic E-state index is 5.52. The third-order valence-corrected chi connectivity index (χ3v) is 2.04. The zero-order valence-corrected chi connectivity index (χ0v) is 6.47. The summed E-state index contributed by atoms with van der Waals surface area (Å²) >= 11 is 0. The van der Waals surface area contributed by atoms with Crippen LogP contribution in [0.25, 0.3) is 0 Å². The molecular formula is C7H16N2O. The number of likely N-dealkylation sites (N-methyl/N-ethyl adjacent to an activating group) is 1. The molecule has 1 rings (SSSR count). The predicted octanol–water partition coefficient (Wildman–Crippen LogP) is -0.288. The van der Waals surface area contributed by atoms with Gasteiger partial charge in [-0.15, -0.1) is 0 Å². The van der Waals surface area contributed by atoms with E-state index in [0.29, 0.717) is 18.7 Å². The fourth-order valence-electron chi connectivity index (χ4n) is 1.38. The van der Waals surface area contributed by atoms with Crippen LogP contribution in [0, 0.1) is 0 Å². The fraction of sp³-hybridized carbons (Fsp3) is 1.00. The van der Waals surface area contributed by atoms with Crippen molar-refractivity contribution in [3.8, 4) is 0 Å². The Morgan fingerprint density at radius 2 is 2.60 bits per heavy atom. The SMILES string of the molecule is CNC(CN)C1CCCO1. The Bertz CT molecular complexity index is 87.6. The van der Waals surface area contributed by atoms with E-state index in [-0.39, 0.29) is 0 Å². The van der Waals surface area contributed by atoms with Crippen LogP contribution in [0.2, 0.25) is 0 Å². The van der Waals surface area contributed by atoms with Gasteiger partial charge in [0.2, 0.25) is 0 Å². The minimum atomic E-state index is 0.350. The smallest absolute Gasteiger partial charge is 0.0741 e. The second kappa shape index (κ2) is 3.91. The number of nitrogens with one attached hydrogen (secondary N) is 1. The van der Waals surface area contributed by atoms with Crippen LogP contribution in [-0.2, 0) is 4.74 Å². The van der Waals surface area contributed by atoms with E-state index in [1.807, 2.05) is 7.05 Å². The van der Waals surface area contributed by atoms with Gasteiger partial charge in [-0.25, -0.2) is 0 Å². The summed E-state index contributed by atoms with van der Waals surface area (Å²) in [6.45, 7) is 1.57. The van der Waals surface area contributed by atoms with Crippen molar-refractivity contribution in [3.63, 3.8) is 0 Å². The maximum Gasteiger partial charge on any atom is 0.0741 e. The van der Waals surface area contributed by atoms with E-state index in [9.17, 15) is 0 Å². The molecule has 0 spiro atoms. The van der Waals surface area contributed by atoms with E-state index in [1.165, 1.54) is 6.42 Å². The van der Waals surface area contributed by atoms with Crippen LogP contribution in [0.4, 0.5) is 0 Å². The lowest BCUT2D eigenvalue weighted by Gasteiger charge is -2.19. The van der Waals surface area contributed by atoms with Crippen LogP contribution in [0.3, 0.4) is 0 Å². The average molecular weight is 144 g/mol. The van der Waals surface area contributed by atoms with Crippen LogP contribution in [-0.4, -0.2) is 32.3 Å². The number of hydrogen-bond donors (Lipinski definition) is 2. The summed E-state index contributed by atoms with van der Waals surface area (Å²) in [7, 11) is 1.93. The molecule has 1 heterocycles. The van der Waals surface area contributed by atoms with Gasteiger partial charge in [-0.05, 0) is 19.9 Å². The zero-order chi connectivity index (χ0) is 7.40. The number of rotatable bonds is 3. The molecule has 10 heavy (non-hydrogen) atoms. The Labute approximate surface area is 61.9 Å². The highest BCUT2D eigenvalue weighted by Gasteiger charge is 2.22. The highest BCUT2D eigenvalue weighted by atomic mass is 16.5. The number of nitrogens with two attached hydrogens (primary N) is 1. The monoisotopic (exact) mass is 144 g/mol. The summed E-state index contributed by atoms with van der Waals surface area (Å²) in [6.07, 6.45) is 2.70. The summed E-state index contributed by atoms with van der Waals surface area (Å²) in [5.74, 6) is 0. The minimum Gasteiger partial charge on any atom is -0.377 e. The molecule has 2 unspecified atom stereocenters. The molecule has 0 aliphatic carbocycles. The van der Waals surface area contributed by atoms with Crippen LogP contribution >= 0.6 is 0 Å². The molecule has 0 saturated carbocycles. The van der Waals surface area contributed by atoms with Gasteiger partial charge in [0, 0.05) is 19.2 Å². The summed E-state index contributed by atoms with van der Waals surface area (Å²) in [5, 5.41) is 3.14. The molecule has 0 aromatic carbocycles. The summed E-state index contributed by atoms with van der Waals surface area (Å²) < 4.78 is 5.45. The molecule has 0 aromatic heterocycles. The molecule has 0 bridgehead atoms. The zero-order valence-electron chi connectivity index (χ0n) is 6.47. The van der Waals surface area contributed by atoms with Crippen LogP contribution in [0.1, 0.15) is 12.8 Å². The van der Waals surface area contributed by atoms with Crippen molar-refractivity contribution in [2.24, 2.45) is 5.73 Å². The Balaban J connectivity index is 2.29. The molecule has 0 radical (unpaired) electrons. The van der Waals surface area contributed by atoms with Crippen molar-refractivity contribution < 1.29 is 4.74 Å². The van der Waals surface area contributed by atoms with Gasteiger partial charge in [0.1, 0.15) is 0 Å². The van der Waals surface area contributed by atoms with Crippen LogP contribution in [0.15, 0.2) is 0 Å². The lowest BCUT2D eigenvalue weighted by molar-refractivity contribution is 0.0832. The van der Waals surface area contributed by atoms with Crippen molar-refractivity contribution in [3.05, 3.63) is 0 Å². The molecular weight excluding hydrogens is 128 g/mol.